The maximum Gasteiger partial charge on any atom is 0.337 e. The number of hydrogen-bond acceptors (Lipinski definition) is 2. The Morgan fingerprint density at radius 3 is 2.47 bits per heavy atom. The number of carbonyl (C=O) groups is 2. The van der Waals surface area contributed by atoms with E-state index in [2.05, 4.69) is 10.6 Å². The fourth-order valence-electron chi connectivity index (χ4n) is 1.61. The number of amides is 2. The highest BCUT2D eigenvalue weighted by Gasteiger charge is 2.12. The summed E-state index contributed by atoms with van der Waals surface area (Å²) in [5.74, 6) is -1.13. The minimum atomic E-state index is -1.13. The quantitative estimate of drug-likeness (QED) is 0.776. The van der Waals surface area contributed by atoms with Crippen LogP contribution in [0.3, 0.4) is 0 Å². The number of aromatic carboxylic acids is 1. The Kier molecular flexibility index (Phi) is 5.63. The highest BCUT2D eigenvalue weighted by Crippen LogP contribution is 2.20. The molecule has 104 valence electrons. The first-order valence-corrected chi connectivity index (χ1v) is 6.46. The van der Waals surface area contributed by atoms with Crippen molar-refractivity contribution in [1.82, 2.24) is 5.32 Å². The molecule has 1 aromatic carbocycles. The molecule has 0 aliphatic carbocycles. The third kappa shape index (κ3) is 4.44. The largest absolute Gasteiger partial charge is 0.478 e. The molecule has 1 aromatic rings. The van der Waals surface area contributed by atoms with Gasteiger partial charge in [0.15, 0.2) is 0 Å². The van der Waals surface area contributed by atoms with Crippen LogP contribution in [0, 0.1) is 0 Å². The maximum absolute atomic E-state index is 11.7. The number of carboxylic acids is 1. The van der Waals surface area contributed by atoms with Crippen LogP contribution < -0.4 is 10.6 Å². The van der Waals surface area contributed by atoms with E-state index in [0.29, 0.717) is 5.69 Å². The minimum absolute atomic E-state index is 0.0398. The monoisotopic (exact) mass is 284 g/mol. The van der Waals surface area contributed by atoms with E-state index in [1.807, 2.05) is 13.8 Å². The Labute approximate surface area is 117 Å². The summed E-state index contributed by atoms with van der Waals surface area (Å²) in [4.78, 5) is 22.6. The molecule has 5 nitrogen and oxygen atoms in total. The van der Waals surface area contributed by atoms with E-state index in [1.54, 1.807) is 6.07 Å². The van der Waals surface area contributed by atoms with Crippen molar-refractivity contribution < 1.29 is 14.7 Å². The zero-order valence-electron chi connectivity index (χ0n) is 10.9. The van der Waals surface area contributed by atoms with Crippen molar-refractivity contribution >= 4 is 29.3 Å². The summed E-state index contributed by atoms with van der Waals surface area (Å²) in [5, 5.41) is 14.5. The van der Waals surface area contributed by atoms with E-state index >= 15 is 0 Å². The Morgan fingerprint density at radius 1 is 1.32 bits per heavy atom. The van der Waals surface area contributed by atoms with E-state index in [4.69, 9.17) is 16.7 Å². The standard InChI is InChI=1S/C13H17ClN2O3/c1-3-8(4-2)15-13(19)16-9-5-6-11(14)10(7-9)12(17)18/h5-8H,3-4H2,1-2H3,(H,17,18)(H2,15,16,19). The first-order chi connectivity index (χ1) is 8.97. The van der Waals surface area contributed by atoms with Crippen LogP contribution in [0.5, 0.6) is 0 Å². The zero-order valence-corrected chi connectivity index (χ0v) is 11.6. The first kappa shape index (κ1) is 15.3. The molecule has 6 heteroatoms. The minimum Gasteiger partial charge on any atom is -0.478 e. The van der Waals surface area contributed by atoms with Crippen LogP contribution >= 0.6 is 11.6 Å². The number of benzene rings is 1. The molecule has 0 aliphatic rings. The summed E-state index contributed by atoms with van der Waals surface area (Å²) in [6.45, 7) is 3.97. The molecule has 0 saturated heterocycles. The van der Waals surface area contributed by atoms with Crippen LogP contribution in [0.15, 0.2) is 18.2 Å². The smallest absolute Gasteiger partial charge is 0.337 e. The number of hydrogen-bond donors (Lipinski definition) is 3. The molecule has 0 aromatic heterocycles. The van der Waals surface area contributed by atoms with E-state index in [-0.39, 0.29) is 22.7 Å². The van der Waals surface area contributed by atoms with Crippen LogP contribution in [0.2, 0.25) is 5.02 Å². The van der Waals surface area contributed by atoms with Gasteiger partial charge in [0.05, 0.1) is 10.6 Å². The van der Waals surface area contributed by atoms with E-state index in [1.165, 1.54) is 12.1 Å². The van der Waals surface area contributed by atoms with Gasteiger partial charge in [-0.25, -0.2) is 9.59 Å². The van der Waals surface area contributed by atoms with Crippen molar-refractivity contribution in [3.63, 3.8) is 0 Å². The number of urea groups is 1. The second kappa shape index (κ2) is 6.99. The Bertz CT molecular complexity index is 473. The second-order valence-corrected chi connectivity index (χ2v) is 4.52. The lowest BCUT2D eigenvalue weighted by molar-refractivity contribution is 0.0697. The number of nitrogens with one attached hydrogen (secondary N) is 2. The SMILES string of the molecule is CCC(CC)NC(=O)Nc1ccc(Cl)c(C(=O)O)c1. The molecule has 0 saturated carbocycles. The second-order valence-electron chi connectivity index (χ2n) is 4.11. The molecule has 0 bridgehead atoms. The third-order valence-electron chi connectivity index (χ3n) is 2.78. The number of anilines is 1. The van der Waals surface area contributed by atoms with Crippen LogP contribution in [0.25, 0.3) is 0 Å². The highest BCUT2D eigenvalue weighted by atomic mass is 35.5. The van der Waals surface area contributed by atoms with Crippen LogP contribution in [0.1, 0.15) is 37.0 Å². The van der Waals surface area contributed by atoms with Gasteiger partial charge in [0.1, 0.15) is 0 Å². The van der Waals surface area contributed by atoms with E-state index < -0.39 is 5.97 Å². The average molecular weight is 285 g/mol. The van der Waals surface area contributed by atoms with E-state index in [9.17, 15) is 9.59 Å². The van der Waals surface area contributed by atoms with Gasteiger partial charge >= 0.3 is 12.0 Å². The Morgan fingerprint density at radius 2 is 1.95 bits per heavy atom. The predicted molar refractivity (Wildman–Crippen MR) is 74.9 cm³/mol. The van der Waals surface area contributed by atoms with Gasteiger partial charge in [-0.2, -0.15) is 0 Å². The first-order valence-electron chi connectivity index (χ1n) is 6.08. The summed E-state index contributed by atoms with van der Waals surface area (Å²) < 4.78 is 0. The van der Waals surface area contributed by atoms with Gasteiger partial charge in [-0.1, -0.05) is 25.4 Å². The van der Waals surface area contributed by atoms with E-state index in [0.717, 1.165) is 12.8 Å². The molecule has 0 spiro atoms. The molecule has 0 heterocycles. The lowest BCUT2D eigenvalue weighted by atomic mass is 10.2. The number of carbonyl (C=O) groups excluding carboxylic acids is 1. The van der Waals surface area contributed by atoms with Gasteiger partial charge in [-0.3, -0.25) is 0 Å². The van der Waals surface area contributed by atoms with Crippen LogP contribution in [-0.2, 0) is 0 Å². The predicted octanol–water partition coefficient (Wildman–Crippen LogP) is 3.35. The molecule has 1 rings (SSSR count). The molecule has 3 N–H and O–H groups in total. The Balaban J connectivity index is 2.74. The molecule has 0 unspecified atom stereocenters. The topological polar surface area (TPSA) is 78.4 Å². The fraction of sp³-hybridized carbons (Fsp3) is 0.385. The summed E-state index contributed by atoms with van der Waals surface area (Å²) in [7, 11) is 0. The zero-order chi connectivity index (χ0) is 14.4. The van der Waals surface area contributed by atoms with Crippen LogP contribution in [-0.4, -0.2) is 23.1 Å². The highest BCUT2D eigenvalue weighted by molar-refractivity contribution is 6.33. The van der Waals surface area contributed by atoms with Crippen molar-refractivity contribution in [2.75, 3.05) is 5.32 Å². The van der Waals surface area contributed by atoms with Crippen molar-refractivity contribution in [3.8, 4) is 0 Å². The van der Waals surface area contributed by atoms with Gasteiger partial charge in [0.2, 0.25) is 0 Å². The summed E-state index contributed by atoms with van der Waals surface area (Å²) >= 11 is 5.75. The molecule has 0 aliphatic heterocycles. The molecular formula is C13H17ClN2O3. The molecule has 0 atom stereocenters. The summed E-state index contributed by atoms with van der Waals surface area (Å²) in [6.07, 6.45) is 1.68. The van der Waals surface area contributed by atoms with Gasteiger partial charge in [-0.05, 0) is 31.0 Å². The van der Waals surface area contributed by atoms with Crippen molar-refractivity contribution in [1.29, 1.82) is 0 Å². The molecule has 2 amide bonds. The van der Waals surface area contributed by atoms with Gasteiger partial charge < -0.3 is 15.7 Å². The number of rotatable bonds is 5. The maximum atomic E-state index is 11.7. The van der Waals surface area contributed by atoms with Gasteiger partial charge in [0, 0.05) is 11.7 Å². The molecule has 0 fully saturated rings. The number of carboxylic acid groups (broad SMARTS) is 1. The molecular weight excluding hydrogens is 268 g/mol. The molecule has 0 radical (unpaired) electrons. The van der Waals surface area contributed by atoms with Crippen molar-refractivity contribution in [2.24, 2.45) is 0 Å². The van der Waals surface area contributed by atoms with Crippen molar-refractivity contribution in [3.05, 3.63) is 28.8 Å². The third-order valence-corrected chi connectivity index (χ3v) is 3.11. The summed E-state index contributed by atoms with van der Waals surface area (Å²) in [5.41, 5.74) is 0.354. The van der Waals surface area contributed by atoms with Crippen molar-refractivity contribution in [2.45, 2.75) is 32.7 Å². The van der Waals surface area contributed by atoms with Crippen LogP contribution in [0.4, 0.5) is 10.5 Å². The Hall–Kier alpha value is -1.75. The molecule has 19 heavy (non-hydrogen) atoms. The van der Waals surface area contributed by atoms with Gasteiger partial charge in [0.25, 0.3) is 0 Å². The van der Waals surface area contributed by atoms with Gasteiger partial charge in [-0.15, -0.1) is 0 Å². The lowest BCUT2D eigenvalue weighted by Gasteiger charge is -2.15. The average Bonchev–Trinajstić information content (AvgIpc) is 2.37. The lowest BCUT2D eigenvalue weighted by Crippen LogP contribution is -2.37. The normalized spacial score (nSPS) is 10.3. The number of halogens is 1. The summed E-state index contributed by atoms with van der Waals surface area (Å²) in [6, 6.07) is 4.08. The fourth-order valence-corrected chi connectivity index (χ4v) is 1.81.